The molecule has 120 valence electrons. The van der Waals surface area contributed by atoms with E-state index in [0.717, 1.165) is 16.8 Å². The van der Waals surface area contributed by atoms with Gasteiger partial charge in [0.05, 0.1) is 12.1 Å². The van der Waals surface area contributed by atoms with Crippen LogP contribution >= 0.6 is 0 Å². The molecular weight excluding hydrogens is 284 g/mol. The molecule has 2 aromatic rings. The molecule has 2 rings (SSSR count). The van der Waals surface area contributed by atoms with Gasteiger partial charge in [0, 0.05) is 0 Å². The van der Waals surface area contributed by atoms with Gasteiger partial charge in [0.1, 0.15) is 0 Å². The Bertz CT molecular complexity index is 760. The smallest absolute Gasteiger partial charge is 0.244 e. The van der Waals surface area contributed by atoms with E-state index in [2.05, 4.69) is 56.4 Å². The van der Waals surface area contributed by atoms with Crippen molar-refractivity contribution in [3.63, 3.8) is 0 Å². The summed E-state index contributed by atoms with van der Waals surface area (Å²) in [6, 6.07) is 12.3. The lowest BCUT2D eigenvalue weighted by Crippen LogP contribution is -2.21. The Balaban J connectivity index is 2.01. The highest BCUT2D eigenvalue weighted by Crippen LogP contribution is 2.11. The predicted octanol–water partition coefficient (Wildman–Crippen LogP) is 4.00. The number of benzene rings is 2. The van der Waals surface area contributed by atoms with Crippen LogP contribution in [-0.2, 0) is 11.2 Å². The summed E-state index contributed by atoms with van der Waals surface area (Å²) in [5.74, 6) is -0.101. The van der Waals surface area contributed by atoms with Crippen molar-refractivity contribution in [2.45, 2.75) is 41.0 Å². The predicted molar refractivity (Wildman–Crippen MR) is 95.9 cm³/mol. The molecule has 3 heteroatoms. The Morgan fingerprint density at radius 2 is 1.52 bits per heavy atom. The van der Waals surface area contributed by atoms with Gasteiger partial charge in [-0.15, -0.1) is 0 Å². The maximum Gasteiger partial charge on any atom is 0.244 e. The molecular formula is C20H24N2O. The Labute approximate surface area is 138 Å². The van der Waals surface area contributed by atoms with Crippen LogP contribution in [0.1, 0.15) is 40.3 Å². The topological polar surface area (TPSA) is 41.5 Å². The molecule has 0 atom stereocenters. The van der Waals surface area contributed by atoms with Gasteiger partial charge in [-0.05, 0) is 74.1 Å². The average Bonchev–Trinajstić information content (AvgIpc) is 2.51. The number of amides is 1. The Kier molecular flexibility index (Phi) is 5.32. The lowest BCUT2D eigenvalue weighted by molar-refractivity contribution is -0.120. The summed E-state index contributed by atoms with van der Waals surface area (Å²) < 4.78 is 0. The molecule has 1 N–H and O–H groups in total. The van der Waals surface area contributed by atoms with E-state index in [0.29, 0.717) is 6.42 Å². The second kappa shape index (κ2) is 7.23. The summed E-state index contributed by atoms with van der Waals surface area (Å²) in [5.41, 5.74) is 10.4. The Morgan fingerprint density at radius 3 is 2.13 bits per heavy atom. The van der Waals surface area contributed by atoms with Gasteiger partial charge in [-0.1, -0.05) is 30.3 Å². The molecule has 0 saturated carbocycles. The zero-order valence-electron chi connectivity index (χ0n) is 14.5. The van der Waals surface area contributed by atoms with Gasteiger partial charge in [0.2, 0.25) is 5.91 Å². The second-order valence-electron chi connectivity index (χ2n) is 6.13. The number of hydrogen-bond donors (Lipinski definition) is 1. The highest BCUT2D eigenvalue weighted by Gasteiger charge is 2.05. The van der Waals surface area contributed by atoms with Crippen LogP contribution in [0.2, 0.25) is 0 Å². The first-order valence-corrected chi connectivity index (χ1v) is 7.83. The van der Waals surface area contributed by atoms with Crippen molar-refractivity contribution in [2.75, 3.05) is 0 Å². The molecule has 0 radical (unpaired) electrons. The second-order valence-corrected chi connectivity index (χ2v) is 6.13. The Hall–Kier alpha value is -2.42. The summed E-state index contributed by atoms with van der Waals surface area (Å²) in [7, 11) is 0. The zero-order chi connectivity index (χ0) is 17.0. The number of carbonyl (C=O) groups is 1. The normalized spacial score (nSPS) is 11.4. The summed E-state index contributed by atoms with van der Waals surface area (Å²) in [4.78, 5) is 12.0. The van der Waals surface area contributed by atoms with Crippen LogP contribution in [0.4, 0.5) is 0 Å². The quantitative estimate of drug-likeness (QED) is 0.673. The number of carbonyl (C=O) groups excluding carboxylic acids is 1. The van der Waals surface area contributed by atoms with Crippen LogP contribution < -0.4 is 5.43 Å². The minimum Gasteiger partial charge on any atom is -0.273 e. The summed E-state index contributed by atoms with van der Waals surface area (Å²) in [5, 5.41) is 4.22. The van der Waals surface area contributed by atoms with Crippen molar-refractivity contribution in [3.05, 3.63) is 69.8 Å². The third kappa shape index (κ3) is 4.52. The van der Waals surface area contributed by atoms with Gasteiger partial charge in [-0.3, -0.25) is 4.79 Å². The molecule has 0 bridgehead atoms. The minimum absolute atomic E-state index is 0.101. The van der Waals surface area contributed by atoms with Crippen molar-refractivity contribution in [3.8, 4) is 0 Å². The molecule has 0 spiro atoms. The SMILES string of the molecule is C/C(=N/NC(=O)Cc1ccc(C)c(C)c1)c1ccc(C)c(C)c1. The number of hydrazone groups is 1. The summed E-state index contributed by atoms with van der Waals surface area (Å²) in [6.07, 6.45) is 0.338. The van der Waals surface area contributed by atoms with E-state index in [-0.39, 0.29) is 5.91 Å². The van der Waals surface area contributed by atoms with Crippen LogP contribution in [-0.4, -0.2) is 11.6 Å². The molecule has 23 heavy (non-hydrogen) atoms. The van der Waals surface area contributed by atoms with Crippen LogP contribution in [0.5, 0.6) is 0 Å². The third-order valence-electron chi connectivity index (χ3n) is 4.21. The van der Waals surface area contributed by atoms with E-state index < -0.39 is 0 Å². The van der Waals surface area contributed by atoms with Gasteiger partial charge >= 0.3 is 0 Å². The fraction of sp³-hybridized carbons (Fsp3) is 0.300. The van der Waals surface area contributed by atoms with Gasteiger partial charge < -0.3 is 0 Å². The number of nitrogens with one attached hydrogen (secondary N) is 1. The van der Waals surface area contributed by atoms with Crippen molar-refractivity contribution < 1.29 is 4.79 Å². The Morgan fingerprint density at radius 1 is 0.913 bits per heavy atom. The first kappa shape index (κ1) is 16.9. The lowest BCUT2D eigenvalue weighted by atomic mass is 10.0. The number of aryl methyl sites for hydroxylation is 4. The number of rotatable bonds is 4. The summed E-state index contributed by atoms with van der Waals surface area (Å²) >= 11 is 0. The van der Waals surface area contributed by atoms with E-state index in [1.807, 2.05) is 25.1 Å². The van der Waals surface area contributed by atoms with Gasteiger partial charge in [0.15, 0.2) is 0 Å². The van der Waals surface area contributed by atoms with Crippen LogP contribution in [0.15, 0.2) is 41.5 Å². The molecule has 2 aromatic carbocycles. The van der Waals surface area contributed by atoms with E-state index in [4.69, 9.17) is 0 Å². The highest BCUT2D eigenvalue weighted by molar-refractivity contribution is 5.99. The fourth-order valence-corrected chi connectivity index (χ4v) is 2.32. The van der Waals surface area contributed by atoms with Crippen molar-refractivity contribution >= 4 is 11.6 Å². The maximum absolute atomic E-state index is 12.0. The van der Waals surface area contributed by atoms with Crippen molar-refractivity contribution in [2.24, 2.45) is 5.10 Å². The number of nitrogens with zero attached hydrogens (tertiary/aromatic N) is 1. The molecule has 3 nitrogen and oxygen atoms in total. The molecule has 0 fully saturated rings. The molecule has 0 aromatic heterocycles. The molecule has 0 heterocycles. The van der Waals surface area contributed by atoms with Crippen molar-refractivity contribution in [1.29, 1.82) is 0 Å². The van der Waals surface area contributed by atoms with Gasteiger partial charge in [-0.2, -0.15) is 5.10 Å². The van der Waals surface area contributed by atoms with Crippen LogP contribution in [0, 0.1) is 27.7 Å². The molecule has 0 saturated heterocycles. The van der Waals surface area contributed by atoms with E-state index >= 15 is 0 Å². The average molecular weight is 308 g/mol. The molecule has 0 unspecified atom stereocenters. The summed E-state index contributed by atoms with van der Waals surface area (Å²) in [6.45, 7) is 10.2. The molecule has 1 amide bonds. The molecule has 0 aliphatic rings. The lowest BCUT2D eigenvalue weighted by Gasteiger charge is -2.07. The van der Waals surface area contributed by atoms with Gasteiger partial charge in [-0.25, -0.2) is 5.43 Å². The molecule has 0 aliphatic heterocycles. The fourth-order valence-electron chi connectivity index (χ4n) is 2.32. The van der Waals surface area contributed by atoms with E-state index in [1.165, 1.54) is 22.3 Å². The van der Waals surface area contributed by atoms with E-state index in [1.54, 1.807) is 0 Å². The van der Waals surface area contributed by atoms with Crippen LogP contribution in [0.3, 0.4) is 0 Å². The first-order chi connectivity index (χ1) is 10.9. The number of hydrogen-bond acceptors (Lipinski definition) is 2. The minimum atomic E-state index is -0.101. The van der Waals surface area contributed by atoms with Gasteiger partial charge in [0.25, 0.3) is 0 Å². The third-order valence-corrected chi connectivity index (χ3v) is 4.21. The first-order valence-electron chi connectivity index (χ1n) is 7.83. The maximum atomic E-state index is 12.0. The van der Waals surface area contributed by atoms with E-state index in [9.17, 15) is 4.79 Å². The standard InChI is InChI=1S/C20H24N2O/c1-13-6-8-18(10-15(13)3)12-20(23)22-21-17(5)19-9-7-14(2)16(4)11-19/h6-11H,12H2,1-5H3,(H,22,23)/b21-17-. The zero-order valence-corrected chi connectivity index (χ0v) is 14.5. The monoisotopic (exact) mass is 308 g/mol. The molecule has 0 aliphatic carbocycles. The van der Waals surface area contributed by atoms with Crippen molar-refractivity contribution in [1.82, 2.24) is 5.43 Å². The highest BCUT2D eigenvalue weighted by atomic mass is 16.2. The van der Waals surface area contributed by atoms with Crippen LogP contribution in [0.25, 0.3) is 0 Å². The largest absolute Gasteiger partial charge is 0.273 e.